The van der Waals surface area contributed by atoms with E-state index in [-0.39, 0.29) is 0 Å². The second kappa shape index (κ2) is 3.83. The molecule has 1 aromatic heterocycles. The van der Waals surface area contributed by atoms with Crippen LogP contribution >= 0.6 is 50.1 Å². The summed E-state index contributed by atoms with van der Waals surface area (Å²) in [5, 5.41) is 1.43. The summed E-state index contributed by atoms with van der Waals surface area (Å²) in [5.41, 5.74) is 7.06. The third-order valence-electron chi connectivity index (χ3n) is 1.88. The number of pyridine rings is 1. The van der Waals surface area contributed by atoms with E-state index in [2.05, 4.69) is 43.5 Å². The van der Waals surface area contributed by atoms with Gasteiger partial charge in [0.1, 0.15) is 0 Å². The Morgan fingerprint density at radius 2 is 2.14 bits per heavy atom. The zero-order chi connectivity index (χ0) is 10.3. The summed E-state index contributed by atoms with van der Waals surface area (Å²) < 4.78 is 1.97. The molecule has 0 atom stereocenters. The fourth-order valence-electron chi connectivity index (χ4n) is 1.21. The standard InChI is InChI=1S/C9H5BrClIN2/c10-4-1-2-5(12)9-7(4)8(11)6(13)3-14-9/h1-3H,13H2. The average molecular weight is 383 g/mol. The number of rotatable bonds is 0. The van der Waals surface area contributed by atoms with Crippen LogP contribution in [0.25, 0.3) is 10.9 Å². The maximum Gasteiger partial charge on any atom is 0.0863 e. The van der Waals surface area contributed by atoms with Crippen LogP contribution < -0.4 is 5.73 Å². The highest BCUT2D eigenvalue weighted by molar-refractivity contribution is 14.1. The molecule has 0 bridgehead atoms. The van der Waals surface area contributed by atoms with E-state index in [0.717, 1.165) is 18.9 Å². The lowest BCUT2D eigenvalue weighted by molar-refractivity contribution is 1.40. The monoisotopic (exact) mass is 382 g/mol. The quantitative estimate of drug-likeness (QED) is 0.702. The lowest BCUT2D eigenvalue weighted by Gasteiger charge is -2.06. The Bertz CT molecular complexity index is 516. The minimum absolute atomic E-state index is 0.502. The molecular weight excluding hydrogens is 378 g/mol. The molecule has 0 radical (unpaired) electrons. The largest absolute Gasteiger partial charge is 0.396 e. The molecule has 0 spiro atoms. The molecule has 0 saturated carbocycles. The molecule has 2 N–H and O–H groups in total. The summed E-state index contributed by atoms with van der Waals surface area (Å²) in [4.78, 5) is 4.26. The molecule has 2 aromatic rings. The number of benzene rings is 1. The van der Waals surface area contributed by atoms with E-state index in [1.54, 1.807) is 6.20 Å². The van der Waals surface area contributed by atoms with Crippen molar-refractivity contribution in [3.05, 3.63) is 31.4 Å². The first-order valence-electron chi connectivity index (χ1n) is 3.79. The molecule has 0 aliphatic heterocycles. The van der Waals surface area contributed by atoms with E-state index in [1.165, 1.54) is 0 Å². The van der Waals surface area contributed by atoms with Crippen LogP contribution in [0.3, 0.4) is 0 Å². The van der Waals surface area contributed by atoms with Crippen molar-refractivity contribution in [1.29, 1.82) is 0 Å². The highest BCUT2D eigenvalue weighted by Gasteiger charge is 2.09. The molecule has 0 aliphatic carbocycles. The average Bonchev–Trinajstić information content (AvgIpc) is 2.16. The van der Waals surface area contributed by atoms with Crippen molar-refractivity contribution >= 4 is 66.7 Å². The van der Waals surface area contributed by atoms with Crippen LogP contribution in [0.5, 0.6) is 0 Å². The maximum absolute atomic E-state index is 6.10. The number of nitrogens with zero attached hydrogens (tertiary/aromatic N) is 1. The molecule has 72 valence electrons. The van der Waals surface area contributed by atoms with Crippen LogP contribution in [0.1, 0.15) is 0 Å². The normalized spacial score (nSPS) is 10.8. The summed E-state index contributed by atoms with van der Waals surface area (Å²) in [6, 6.07) is 3.92. The molecule has 14 heavy (non-hydrogen) atoms. The molecule has 0 amide bonds. The Morgan fingerprint density at radius 3 is 2.86 bits per heavy atom. The van der Waals surface area contributed by atoms with Gasteiger partial charge >= 0.3 is 0 Å². The first-order chi connectivity index (χ1) is 6.61. The second-order valence-corrected chi connectivity index (χ2v) is 5.17. The third-order valence-corrected chi connectivity index (χ3v) is 3.82. The van der Waals surface area contributed by atoms with Gasteiger partial charge in [0.25, 0.3) is 0 Å². The summed E-state index contributed by atoms with van der Waals surface area (Å²) in [7, 11) is 0. The van der Waals surface area contributed by atoms with Crippen molar-refractivity contribution in [2.45, 2.75) is 0 Å². The van der Waals surface area contributed by atoms with Gasteiger partial charge in [-0.05, 0) is 34.7 Å². The Labute approximate surface area is 108 Å². The van der Waals surface area contributed by atoms with Crippen molar-refractivity contribution in [1.82, 2.24) is 4.98 Å². The van der Waals surface area contributed by atoms with E-state index < -0.39 is 0 Å². The Morgan fingerprint density at radius 1 is 1.43 bits per heavy atom. The van der Waals surface area contributed by atoms with Crippen molar-refractivity contribution in [3.63, 3.8) is 0 Å². The van der Waals surface area contributed by atoms with Crippen LogP contribution in [0, 0.1) is 3.57 Å². The van der Waals surface area contributed by atoms with Gasteiger partial charge in [-0.2, -0.15) is 0 Å². The maximum atomic E-state index is 6.10. The number of aromatic nitrogens is 1. The summed E-state index contributed by atoms with van der Waals surface area (Å²) in [6.07, 6.45) is 1.58. The van der Waals surface area contributed by atoms with E-state index in [1.807, 2.05) is 12.1 Å². The molecule has 0 unspecified atom stereocenters. The molecule has 2 rings (SSSR count). The molecule has 0 aliphatic rings. The third kappa shape index (κ3) is 1.59. The number of hydrogen-bond donors (Lipinski definition) is 1. The molecule has 0 saturated heterocycles. The smallest absolute Gasteiger partial charge is 0.0863 e. The van der Waals surface area contributed by atoms with Gasteiger partial charge in [0.2, 0.25) is 0 Å². The Hall–Kier alpha value is -0.0700. The van der Waals surface area contributed by atoms with Gasteiger partial charge in [0.05, 0.1) is 22.4 Å². The first kappa shape index (κ1) is 10.4. The number of anilines is 1. The summed E-state index contributed by atoms with van der Waals surface area (Å²) in [5.74, 6) is 0. The minimum Gasteiger partial charge on any atom is -0.396 e. The summed E-state index contributed by atoms with van der Waals surface area (Å²) in [6.45, 7) is 0. The van der Waals surface area contributed by atoms with E-state index >= 15 is 0 Å². The molecular formula is C9H5BrClIN2. The van der Waals surface area contributed by atoms with Crippen molar-refractivity contribution < 1.29 is 0 Å². The lowest BCUT2D eigenvalue weighted by atomic mass is 10.2. The predicted octanol–water partition coefficient (Wildman–Crippen LogP) is 3.84. The van der Waals surface area contributed by atoms with Crippen LogP contribution in [0.2, 0.25) is 5.02 Å². The van der Waals surface area contributed by atoms with Crippen LogP contribution in [0.15, 0.2) is 22.8 Å². The zero-order valence-electron chi connectivity index (χ0n) is 6.89. The molecule has 2 nitrogen and oxygen atoms in total. The van der Waals surface area contributed by atoms with E-state index in [4.69, 9.17) is 17.3 Å². The van der Waals surface area contributed by atoms with Crippen molar-refractivity contribution in [2.75, 3.05) is 5.73 Å². The SMILES string of the molecule is Nc1cnc2c(I)ccc(Br)c2c1Cl. The number of hydrogen-bond acceptors (Lipinski definition) is 2. The molecule has 1 aromatic carbocycles. The molecule has 5 heteroatoms. The number of fused-ring (bicyclic) bond motifs is 1. The van der Waals surface area contributed by atoms with Crippen LogP contribution in [-0.4, -0.2) is 4.98 Å². The van der Waals surface area contributed by atoms with E-state index in [0.29, 0.717) is 10.7 Å². The molecule has 0 fully saturated rings. The van der Waals surface area contributed by atoms with Crippen LogP contribution in [0.4, 0.5) is 5.69 Å². The van der Waals surface area contributed by atoms with Gasteiger partial charge in [0.15, 0.2) is 0 Å². The number of nitrogen functional groups attached to an aromatic ring is 1. The van der Waals surface area contributed by atoms with Gasteiger partial charge in [-0.25, -0.2) is 0 Å². The van der Waals surface area contributed by atoms with E-state index in [9.17, 15) is 0 Å². The van der Waals surface area contributed by atoms with Gasteiger partial charge in [-0.15, -0.1) is 0 Å². The van der Waals surface area contributed by atoms with Crippen molar-refractivity contribution in [2.24, 2.45) is 0 Å². The second-order valence-electron chi connectivity index (χ2n) is 2.78. The van der Waals surface area contributed by atoms with Crippen LogP contribution in [-0.2, 0) is 0 Å². The van der Waals surface area contributed by atoms with Gasteiger partial charge in [-0.1, -0.05) is 27.5 Å². The molecule has 1 heterocycles. The zero-order valence-corrected chi connectivity index (χ0v) is 11.4. The van der Waals surface area contributed by atoms with Crippen molar-refractivity contribution in [3.8, 4) is 0 Å². The topological polar surface area (TPSA) is 38.9 Å². The lowest BCUT2D eigenvalue weighted by Crippen LogP contribution is -1.92. The first-order valence-corrected chi connectivity index (χ1v) is 6.04. The predicted molar refractivity (Wildman–Crippen MR) is 71.6 cm³/mol. The highest BCUT2D eigenvalue weighted by Crippen LogP contribution is 2.34. The highest BCUT2D eigenvalue weighted by atomic mass is 127. The van der Waals surface area contributed by atoms with Gasteiger partial charge in [-0.3, -0.25) is 4.98 Å². The van der Waals surface area contributed by atoms with Gasteiger partial charge < -0.3 is 5.73 Å². The fraction of sp³-hybridized carbons (Fsp3) is 0. The fourth-order valence-corrected chi connectivity index (χ4v) is 2.67. The summed E-state index contributed by atoms with van der Waals surface area (Å²) >= 11 is 11.8. The Balaban J connectivity index is 3.01. The number of nitrogens with two attached hydrogens (primary N) is 1. The Kier molecular flexibility index (Phi) is 2.86. The van der Waals surface area contributed by atoms with Gasteiger partial charge in [0, 0.05) is 13.4 Å². The minimum atomic E-state index is 0.502. The number of halogens is 3.